The quantitative estimate of drug-likeness (QED) is 0.722. The minimum Gasteiger partial charge on any atom is -0.489 e. The summed E-state index contributed by atoms with van der Waals surface area (Å²) in [4.78, 5) is 11.8. The number of hydrogen-bond donors (Lipinski definition) is 2. The third-order valence-corrected chi connectivity index (χ3v) is 6.56. The molecule has 8 heteroatoms. The van der Waals surface area contributed by atoms with Crippen LogP contribution < -0.4 is 9.64 Å². The number of hydrogen-bond acceptors (Lipinski definition) is 7. The van der Waals surface area contributed by atoms with Gasteiger partial charge in [-0.15, -0.1) is 0 Å². The fourth-order valence-corrected chi connectivity index (χ4v) is 4.76. The number of aromatic nitrogens is 2. The molecular formula is C23H30ClN3O4. The minimum atomic E-state index is -0.652. The monoisotopic (exact) mass is 447 g/mol. The first kappa shape index (κ1) is 22.3. The molecule has 31 heavy (non-hydrogen) atoms. The van der Waals surface area contributed by atoms with Crippen LogP contribution in [-0.2, 0) is 11.3 Å². The Morgan fingerprint density at radius 3 is 2.65 bits per heavy atom. The van der Waals surface area contributed by atoms with E-state index in [4.69, 9.17) is 31.0 Å². The van der Waals surface area contributed by atoms with Crippen molar-refractivity contribution in [1.29, 1.82) is 0 Å². The Balaban J connectivity index is 1.62. The molecule has 2 aromatic rings. The lowest BCUT2D eigenvalue weighted by molar-refractivity contribution is -0.0597. The number of ether oxygens (including phenoxy) is 2. The van der Waals surface area contributed by atoms with Gasteiger partial charge in [-0.1, -0.05) is 23.7 Å². The molecule has 2 fully saturated rings. The van der Waals surface area contributed by atoms with Gasteiger partial charge in [-0.05, 0) is 39.7 Å². The van der Waals surface area contributed by atoms with Crippen LogP contribution in [0.1, 0.15) is 44.5 Å². The molecule has 1 aromatic carbocycles. The lowest BCUT2D eigenvalue weighted by Gasteiger charge is -2.39. The second-order valence-corrected chi connectivity index (χ2v) is 9.21. The predicted octanol–water partition coefficient (Wildman–Crippen LogP) is 3.71. The molecule has 1 atom stereocenters. The maximum atomic E-state index is 10.1. The Bertz CT molecular complexity index is 945. The number of halogens is 1. The first-order chi connectivity index (χ1) is 14.8. The average Bonchev–Trinajstić information content (AvgIpc) is 3.10. The molecule has 0 radical (unpaired) electrons. The standard InChI is InChI=1S/C23H30ClN3O4/c1-14(2)31-18-6-4-5-16(20(18)24)21-15(3)25-22(17(12-28)26-21)27-9-7-23(8-10-27)11-19(29)30-13-23/h4-6,14,19,28-29H,7-13H2,1-3H3/t19-/m1/s1. The van der Waals surface area contributed by atoms with Crippen LogP contribution in [0.15, 0.2) is 18.2 Å². The molecule has 168 valence electrons. The van der Waals surface area contributed by atoms with E-state index in [0.717, 1.165) is 37.2 Å². The summed E-state index contributed by atoms with van der Waals surface area (Å²) in [5.41, 5.74) is 2.71. The summed E-state index contributed by atoms with van der Waals surface area (Å²) in [6.07, 6.45) is 1.87. The van der Waals surface area contributed by atoms with E-state index in [1.54, 1.807) is 0 Å². The molecule has 4 rings (SSSR count). The lowest BCUT2D eigenvalue weighted by atomic mass is 9.77. The summed E-state index contributed by atoms with van der Waals surface area (Å²) in [6, 6.07) is 5.61. The molecular weight excluding hydrogens is 418 g/mol. The second-order valence-electron chi connectivity index (χ2n) is 8.83. The van der Waals surface area contributed by atoms with Gasteiger partial charge < -0.3 is 24.6 Å². The Labute approximate surface area is 188 Å². The Morgan fingerprint density at radius 2 is 2.03 bits per heavy atom. The number of rotatable bonds is 5. The maximum absolute atomic E-state index is 10.1. The number of piperidine rings is 1. The van der Waals surface area contributed by atoms with Crippen LogP contribution in [0.3, 0.4) is 0 Å². The summed E-state index contributed by atoms with van der Waals surface area (Å²) >= 11 is 6.63. The highest BCUT2D eigenvalue weighted by atomic mass is 35.5. The van der Waals surface area contributed by atoms with Gasteiger partial charge in [-0.3, -0.25) is 0 Å². The van der Waals surface area contributed by atoms with Crippen molar-refractivity contribution >= 4 is 17.4 Å². The zero-order valence-electron chi connectivity index (χ0n) is 18.3. The summed E-state index contributed by atoms with van der Waals surface area (Å²) in [6.45, 7) is 7.78. The van der Waals surface area contributed by atoms with Crippen LogP contribution in [-0.4, -0.2) is 52.3 Å². The molecule has 3 heterocycles. The predicted molar refractivity (Wildman–Crippen MR) is 119 cm³/mol. The van der Waals surface area contributed by atoms with E-state index in [1.807, 2.05) is 39.0 Å². The van der Waals surface area contributed by atoms with Crippen LogP contribution in [0.25, 0.3) is 11.3 Å². The minimum absolute atomic E-state index is 0.00378. The molecule has 2 saturated heterocycles. The molecule has 2 N–H and O–H groups in total. The molecule has 7 nitrogen and oxygen atoms in total. The summed E-state index contributed by atoms with van der Waals surface area (Å²) in [7, 11) is 0. The fourth-order valence-electron chi connectivity index (χ4n) is 4.50. The second kappa shape index (κ2) is 8.90. The van der Waals surface area contributed by atoms with Gasteiger partial charge in [0.25, 0.3) is 0 Å². The van der Waals surface area contributed by atoms with Crippen molar-refractivity contribution < 1.29 is 19.7 Å². The molecule has 0 unspecified atom stereocenters. The number of aliphatic hydroxyl groups is 2. The average molecular weight is 448 g/mol. The molecule has 2 aliphatic rings. The van der Waals surface area contributed by atoms with Gasteiger partial charge in [0, 0.05) is 30.5 Å². The van der Waals surface area contributed by atoms with Crippen molar-refractivity contribution in [2.45, 2.75) is 59.0 Å². The van der Waals surface area contributed by atoms with Gasteiger partial charge in [0.15, 0.2) is 12.1 Å². The van der Waals surface area contributed by atoms with Crippen molar-refractivity contribution in [2.24, 2.45) is 5.41 Å². The number of aliphatic hydroxyl groups excluding tert-OH is 2. The van der Waals surface area contributed by atoms with Gasteiger partial charge in [-0.2, -0.15) is 0 Å². The van der Waals surface area contributed by atoms with Crippen molar-refractivity contribution in [1.82, 2.24) is 9.97 Å². The van der Waals surface area contributed by atoms with Crippen molar-refractivity contribution in [3.05, 3.63) is 34.6 Å². The number of nitrogens with zero attached hydrogens (tertiary/aromatic N) is 3. The van der Waals surface area contributed by atoms with Crippen LogP contribution in [0.2, 0.25) is 5.02 Å². The highest BCUT2D eigenvalue weighted by Gasteiger charge is 2.42. The molecule has 0 bridgehead atoms. The first-order valence-electron chi connectivity index (χ1n) is 10.8. The number of benzene rings is 1. The smallest absolute Gasteiger partial charge is 0.155 e. The normalized spacial score (nSPS) is 20.6. The Kier molecular flexibility index (Phi) is 6.40. The third-order valence-electron chi connectivity index (χ3n) is 6.17. The van der Waals surface area contributed by atoms with Crippen molar-refractivity contribution in [3.8, 4) is 17.0 Å². The van der Waals surface area contributed by atoms with E-state index in [0.29, 0.717) is 41.0 Å². The fraction of sp³-hybridized carbons (Fsp3) is 0.565. The molecule has 2 aliphatic heterocycles. The van der Waals surface area contributed by atoms with Crippen LogP contribution >= 0.6 is 11.6 Å². The van der Waals surface area contributed by atoms with Gasteiger partial charge in [0.1, 0.15) is 11.4 Å². The van der Waals surface area contributed by atoms with E-state index < -0.39 is 6.29 Å². The lowest BCUT2D eigenvalue weighted by Crippen LogP contribution is -2.41. The molecule has 0 aliphatic carbocycles. The van der Waals surface area contributed by atoms with Crippen LogP contribution in [0.4, 0.5) is 5.82 Å². The maximum Gasteiger partial charge on any atom is 0.155 e. The molecule has 1 aromatic heterocycles. The Hall–Kier alpha value is -1.93. The first-order valence-corrected chi connectivity index (χ1v) is 11.2. The van der Waals surface area contributed by atoms with Gasteiger partial charge in [0.2, 0.25) is 0 Å². The van der Waals surface area contributed by atoms with E-state index >= 15 is 0 Å². The summed E-state index contributed by atoms with van der Waals surface area (Å²) in [5, 5.41) is 20.3. The highest BCUT2D eigenvalue weighted by Crippen LogP contribution is 2.43. The van der Waals surface area contributed by atoms with Crippen molar-refractivity contribution in [3.63, 3.8) is 0 Å². The topological polar surface area (TPSA) is 87.9 Å². The van der Waals surface area contributed by atoms with E-state index in [2.05, 4.69) is 4.90 Å². The van der Waals surface area contributed by atoms with Gasteiger partial charge >= 0.3 is 0 Å². The number of anilines is 1. The van der Waals surface area contributed by atoms with Crippen molar-refractivity contribution in [2.75, 3.05) is 24.6 Å². The molecule has 0 saturated carbocycles. The summed E-state index contributed by atoms with van der Waals surface area (Å²) < 4.78 is 11.2. The van der Waals surface area contributed by atoms with Gasteiger partial charge in [-0.25, -0.2) is 9.97 Å². The van der Waals surface area contributed by atoms with Crippen LogP contribution in [0.5, 0.6) is 5.75 Å². The number of aryl methyl sites for hydroxylation is 1. The highest BCUT2D eigenvalue weighted by molar-refractivity contribution is 6.34. The molecule has 1 spiro atoms. The third kappa shape index (κ3) is 4.51. The largest absolute Gasteiger partial charge is 0.489 e. The SMILES string of the molecule is Cc1nc(N2CCC3(CC2)CO[C@@H](O)C3)c(CO)nc1-c1cccc(OC(C)C)c1Cl. The van der Waals surface area contributed by atoms with E-state index in [9.17, 15) is 10.2 Å². The van der Waals surface area contributed by atoms with Crippen LogP contribution in [0, 0.1) is 12.3 Å². The van der Waals surface area contributed by atoms with Gasteiger partial charge in [0.05, 0.1) is 35.7 Å². The molecule has 0 amide bonds. The van der Waals surface area contributed by atoms with E-state index in [-0.39, 0.29) is 18.1 Å². The van der Waals surface area contributed by atoms with E-state index in [1.165, 1.54) is 0 Å². The zero-order chi connectivity index (χ0) is 22.2. The Morgan fingerprint density at radius 1 is 1.29 bits per heavy atom. The summed E-state index contributed by atoms with van der Waals surface area (Å²) in [5.74, 6) is 1.32. The zero-order valence-corrected chi connectivity index (χ0v) is 19.0.